The molecule has 0 saturated carbocycles. The topological polar surface area (TPSA) is 93.7 Å². The lowest BCUT2D eigenvalue weighted by Gasteiger charge is -2.23. The molecule has 1 fully saturated rings. The van der Waals surface area contributed by atoms with Crippen LogP contribution in [-0.2, 0) is 6.54 Å². The van der Waals surface area contributed by atoms with Crippen LogP contribution in [0, 0.1) is 5.82 Å². The van der Waals surface area contributed by atoms with Crippen LogP contribution in [0.4, 0.5) is 16.0 Å². The summed E-state index contributed by atoms with van der Waals surface area (Å²) in [5.41, 5.74) is 7.14. The molecule has 9 heteroatoms. The Hall–Kier alpha value is -2.45. The Labute approximate surface area is 154 Å². The highest BCUT2D eigenvalue weighted by atomic mass is 35.5. The van der Waals surface area contributed by atoms with E-state index in [1.54, 1.807) is 12.1 Å². The standard InChI is InChI=1S/C17H19ClFN7/c18-12-2-1-3-13(19)11(12)8-22-16-14-15(20)23-9-24-17(14)26(25-16)10-4-6-21-7-5-10/h1-3,9-10,21H,4-8H2,(H,22,25)(H2,20,23,24). The molecule has 1 aromatic carbocycles. The Kier molecular flexibility index (Phi) is 4.60. The molecular formula is C17H19ClFN7. The zero-order valence-electron chi connectivity index (χ0n) is 14.0. The maximum atomic E-state index is 14.0. The number of nitrogens with zero attached hydrogens (tertiary/aromatic N) is 4. The Morgan fingerprint density at radius 3 is 2.88 bits per heavy atom. The van der Waals surface area contributed by atoms with E-state index in [9.17, 15) is 4.39 Å². The first-order valence-corrected chi connectivity index (χ1v) is 8.89. The highest BCUT2D eigenvalue weighted by Crippen LogP contribution is 2.31. The summed E-state index contributed by atoms with van der Waals surface area (Å²) in [5.74, 6) is 0.518. The molecule has 7 nitrogen and oxygen atoms in total. The fourth-order valence-corrected chi connectivity index (χ4v) is 3.53. The molecule has 0 radical (unpaired) electrons. The van der Waals surface area contributed by atoms with Crippen molar-refractivity contribution in [3.8, 4) is 0 Å². The van der Waals surface area contributed by atoms with Gasteiger partial charge in [0.25, 0.3) is 0 Å². The van der Waals surface area contributed by atoms with Crippen LogP contribution in [0.25, 0.3) is 11.0 Å². The number of piperidine rings is 1. The van der Waals surface area contributed by atoms with Crippen LogP contribution >= 0.6 is 11.6 Å². The molecule has 4 rings (SSSR count). The SMILES string of the molecule is Nc1ncnc2c1c(NCc1c(F)cccc1Cl)nn2C1CCNCC1. The Balaban J connectivity index is 1.70. The van der Waals surface area contributed by atoms with Crippen LogP contribution in [0.5, 0.6) is 0 Å². The maximum absolute atomic E-state index is 14.0. The van der Waals surface area contributed by atoms with E-state index in [1.807, 2.05) is 4.68 Å². The van der Waals surface area contributed by atoms with Gasteiger partial charge >= 0.3 is 0 Å². The molecule has 0 bridgehead atoms. The molecule has 2 aromatic heterocycles. The zero-order chi connectivity index (χ0) is 18.1. The smallest absolute Gasteiger partial charge is 0.165 e. The largest absolute Gasteiger partial charge is 0.383 e. The summed E-state index contributed by atoms with van der Waals surface area (Å²) in [7, 11) is 0. The quantitative estimate of drug-likeness (QED) is 0.649. The Morgan fingerprint density at radius 2 is 2.12 bits per heavy atom. The number of halogens is 2. The van der Waals surface area contributed by atoms with E-state index in [0.717, 1.165) is 25.9 Å². The summed E-state index contributed by atoms with van der Waals surface area (Å²) >= 11 is 6.11. The predicted octanol–water partition coefficient (Wildman–Crippen LogP) is 2.74. The number of nitrogens with one attached hydrogen (secondary N) is 2. The average Bonchev–Trinajstić information content (AvgIpc) is 3.02. The monoisotopic (exact) mass is 375 g/mol. The number of anilines is 2. The number of rotatable bonds is 4. The van der Waals surface area contributed by atoms with E-state index in [-0.39, 0.29) is 18.4 Å². The third kappa shape index (κ3) is 3.06. The Bertz CT molecular complexity index is 916. The van der Waals surface area contributed by atoms with Gasteiger partial charge in [-0.1, -0.05) is 17.7 Å². The first-order chi connectivity index (χ1) is 12.6. The van der Waals surface area contributed by atoms with E-state index < -0.39 is 0 Å². The molecule has 4 N–H and O–H groups in total. The molecule has 0 spiro atoms. The van der Waals surface area contributed by atoms with Gasteiger partial charge in [-0.15, -0.1) is 0 Å². The second-order valence-electron chi connectivity index (χ2n) is 6.29. The van der Waals surface area contributed by atoms with Crippen molar-refractivity contribution in [1.82, 2.24) is 25.1 Å². The van der Waals surface area contributed by atoms with Crippen LogP contribution in [0.15, 0.2) is 24.5 Å². The summed E-state index contributed by atoms with van der Waals surface area (Å²) in [6, 6.07) is 4.85. The fraction of sp³-hybridized carbons (Fsp3) is 0.353. The van der Waals surface area contributed by atoms with Gasteiger partial charge < -0.3 is 16.4 Å². The molecule has 26 heavy (non-hydrogen) atoms. The van der Waals surface area contributed by atoms with Gasteiger partial charge in [0, 0.05) is 17.1 Å². The van der Waals surface area contributed by atoms with Gasteiger partial charge in [-0.05, 0) is 38.1 Å². The van der Waals surface area contributed by atoms with E-state index >= 15 is 0 Å². The minimum Gasteiger partial charge on any atom is -0.383 e. The first kappa shape index (κ1) is 17.0. The van der Waals surface area contributed by atoms with Crippen molar-refractivity contribution in [1.29, 1.82) is 0 Å². The van der Waals surface area contributed by atoms with E-state index in [4.69, 9.17) is 17.3 Å². The lowest BCUT2D eigenvalue weighted by molar-refractivity contribution is 0.350. The highest BCUT2D eigenvalue weighted by molar-refractivity contribution is 6.31. The lowest BCUT2D eigenvalue weighted by Crippen LogP contribution is -2.30. The third-order valence-electron chi connectivity index (χ3n) is 4.67. The highest BCUT2D eigenvalue weighted by Gasteiger charge is 2.23. The number of aromatic nitrogens is 4. The van der Waals surface area contributed by atoms with Crippen LogP contribution < -0.4 is 16.4 Å². The molecule has 1 aliphatic heterocycles. The molecule has 3 heterocycles. The van der Waals surface area contributed by atoms with Gasteiger partial charge in [0.1, 0.15) is 23.3 Å². The molecular weight excluding hydrogens is 357 g/mol. The molecule has 1 saturated heterocycles. The van der Waals surface area contributed by atoms with Crippen LogP contribution in [0.3, 0.4) is 0 Å². The minimum atomic E-state index is -0.365. The van der Waals surface area contributed by atoms with Gasteiger partial charge in [-0.2, -0.15) is 5.10 Å². The first-order valence-electron chi connectivity index (χ1n) is 8.51. The number of hydrogen-bond donors (Lipinski definition) is 3. The molecule has 3 aromatic rings. The van der Waals surface area contributed by atoms with Crippen molar-refractivity contribution in [3.63, 3.8) is 0 Å². The second kappa shape index (κ2) is 7.05. The predicted molar refractivity (Wildman–Crippen MR) is 99.6 cm³/mol. The lowest BCUT2D eigenvalue weighted by atomic mass is 10.1. The van der Waals surface area contributed by atoms with E-state index in [0.29, 0.717) is 33.3 Å². The van der Waals surface area contributed by atoms with Gasteiger partial charge in [-0.25, -0.2) is 19.0 Å². The number of nitrogen functional groups attached to an aromatic ring is 1. The van der Waals surface area contributed by atoms with Crippen LogP contribution in [-0.4, -0.2) is 32.8 Å². The van der Waals surface area contributed by atoms with Crippen LogP contribution in [0.1, 0.15) is 24.4 Å². The number of benzene rings is 1. The summed E-state index contributed by atoms with van der Waals surface area (Å²) in [6.45, 7) is 2.05. The Morgan fingerprint density at radius 1 is 1.31 bits per heavy atom. The molecule has 136 valence electrons. The second-order valence-corrected chi connectivity index (χ2v) is 6.69. The van der Waals surface area contributed by atoms with Gasteiger partial charge in [0.15, 0.2) is 11.5 Å². The van der Waals surface area contributed by atoms with Crippen molar-refractivity contribution in [3.05, 3.63) is 40.9 Å². The van der Waals surface area contributed by atoms with Crippen molar-refractivity contribution in [2.24, 2.45) is 0 Å². The normalized spacial score (nSPS) is 15.5. The van der Waals surface area contributed by atoms with Crippen molar-refractivity contribution >= 4 is 34.3 Å². The maximum Gasteiger partial charge on any atom is 0.165 e. The summed E-state index contributed by atoms with van der Waals surface area (Å²) in [6.07, 6.45) is 3.35. The molecule has 1 aliphatic rings. The van der Waals surface area contributed by atoms with Crippen molar-refractivity contribution in [2.75, 3.05) is 24.1 Å². The number of nitrogens with two attached hydrogens (primary N) is 1. The number of fused-ring (bicyclic) bond motifs is 1. The zero-order valence-corrected chi connectivity index (χ0v) is 14.8. The summed E-state index contributed by atoms with van der Waals surface area (Å²) < 4.78 is 15.9. The molecule has 0 unspecified atom stereocenters. The van der Waals surface area contributed by atoms with E-state index in [1.165, 1.54) is 12.4 Å². The van der Waals surface area contributed by atoms with Gasteiger partial charge in [0.05, 0.1) is 6.04 Å². The number of hydrogen-bond acceptors (Lipinski definition) is 6. The average molecular weight is 376 g/mol. The molecule has 0 atom stereocenters. The summed E-state index contributed by atoms with van der Waals surface area (Å²) in [5, 5.41) is 12.2. The fourth-order valence-electron chi connectivity index (χ4n) is 3.30. The van der Waals surface area contributed by atoms with Gasteiger partial charge in [0.2, 0.25) is 0 Å². The van der Waals surface area contributed by atoms with Crippen LogP contribution in [0.2, 0.25) is 5.02 Å². The van der Waals surface area contributed by atoms with Crippen molar-refractivity contribution < 1.29 is 4.39 Å². The summed E-state index contributed by atoms with van der Waals surface area (Å²) in [4.78, 5) is 8.45. The third-order valence-corrected chi connectivity index (χ3v) is 5.02. The van der Waals surface area contributed by atoms with Crippen molar-refractivity contribution in [2.45, 2.75) is 25.4 Å². The molecule has 0 aliphatic carbocycles. The van der Waals surface area contributed by atoms with E-state index in [2.05, 4.69) is 25.7 Å². The molecule has 0 amide bonds. The minimum absolute atomic E-state index is 0.193. The van der Waals surface area contributed by atoms with Gasteiger partial charge in [-0.3, -0.25) is 0 Å².